The highest BCUT2D eigenvalue weighted by Crippen LogP contribution is 2.30. The van der Waals surface area contributed by atoms with E-state index in [0.29, 0.717) is 25.1 Å². The molecule has 0 unspecified atom stereocenters. The Bertz CT molecular complexity index is 1320. The van der Waals surface area contributed by atoms with Crippen LogP contribution in [-0.4, -0.2) is 69.4 Å². The molecular formula is C27H28N8O2. The van der Waals surface area contributed by atoms with E-state index < -0.39 is 5.60 Å². The van der Waals surface area contributed by atoms with Gasteiger partial charge in [0.15, 0.2) is 0 Å². The number of aliphatic hydroxyl groups is 1. The Morgan fingerprint density at radius 1 is 0.784 bits per heavy atom. The molecular weight excluding hydrogens is 468 g/mol. The van der Waals surface area contributed by atoms with Gasteiger partial charge in [0.25, 0.3) is 0 Å². The van der Waals surface area contributed by atoms with Gasteiger partial charge in [0.1, 0.15) is 11.9 Å². The summed E-state index contributed by atoms with van der Waals surface area (Å²) >= 11 is 0. The minimum atomic E-state index is -0.879. The molecule has 10 heteroatoms. The Kier molecular flexibility index (Phi) is 6.33. The maximum atomic E-state index is 10.4. The maximum absolute atomic E-state index is 10.4. The first-order valence-electron chi connectivity index (χ1n) is 12.4. The van der Waals surface area contributed by atoms with Crippen LogP contribution < -0.4 is 15.1 Å². The summed E-state index contributed by atoms with van der Waals surface area (Å²) in [7, 11) is 0. The molecule has 0 atom stereocenters. The van der Waals surface area contributed by atoms with Gasteiger partial charge in [-0.15, -0.1) is 0 Å². The summed E-state index contributed by atoms with van der Waals surface area (Å²) in [5.41, 5.74) is 3.14. The maximum Gasteiger partial charge on any atom is 0.231 e. The molecule has 0 spiro atoms. The third-order valence-electron chi connectivity index (χ3n) is 6.71. The summed E-state index contributed by atoms with van der Waals surface area (Å²) < 4.78 is 5.14. The minimum Gasteiger partial charge on any atom is -0.380 e. The molecule has 2 fully saturated rings. The highest BCUT2D eigenvalue weighted by molar-refractivity contribution is 5.55. The highest BCUT2D eigenvalue weighted by atomic mass is 16.5. The average Bonchev–Trinajstić information content (AvgIpc) is 2.93. The molecule has 37 heavy (non-hydrogen) atoms. The van der Waals surface area contributed by atoms with Crippen LogP contribution >= 0.6 is 0 Å². The fourth-order valence-corrected chi connectivity index (χ4v) is 4.50. The van der Waals surface area contributed by atoms with E-state index in [1.54, 1.807) is 0 Å². The number of nitrogens with zero attached hydrogens (tertiary/aromatic N) is 7. The van der Waals surface area contributed by atoms with Crippen molar-refractivity contribution in [1.29, 1.82) is 0 Å². The highest BCUT2D eigenvalue weighted by Gasteiger charge is 2.37. The van der Waals surface area contributed by atoms with E-state index in [-0.39, 0.29) is 0 Å². The summed E-state index contributed by atoms with van der Waals surface area (Å²) in [6.07, 6.45) is 6.18. The van der Waals surface area contributed by atoms with Gasteiger partial charge in [0.2, 0.25) is 17.8 Å². The van der Waals surface area contributed by atoms with E-state index in [9.17, 15) is 5.11 Å². The summed E-state index contributed by atoms with van der Waals surface area (Å²) in [6.45, 7) is 3.73. The van der Waals surface area contributed by atoms with Crippen LogP contribution in [-0.2, 0) is 16.8 Å². The predicted octanol–water partition coefficient (Wildman–Crippen LogP) is 2.54. The van der Waals surface area contributed by atoms with Gasteiger partial charge in [-0.1, -0.05) is 42.5 Å². The topological polar surface area (TPSA) is 112 Å². The molecule has 2 aromatic carbocycles. The van der Waals surface area contributed by atoms with E-state index in [1.807, 2.05) is 54.9 Å². The fraction of sp³-hybridized carbons (Fsp3) is 0.296. The van der Waals surface area contributed by atoms with Gasteiger partial charge in [0, 0.05) is 50.7 Å². The smallest absolute Gasteiger partial charge is 0.231 e. The van der Waals surface area contributed by atoms with Crippen molar-refractivity contribution in [3.8, 4) is 0 Å². The van der Waals surface area contributed by atoms with Gasteiger partial charge in [-0.2, -0.15) is 4.98 Å². The zero-order valence-electron chi connectivity index (χ0n) is 20.4. The molecule has 2 aromatic heterocycles. The number of aromatic nitrogens is 5. The van der Waals surface area contributed by atoms with E-state index in [4.69, 9.17) is 4.74 Å². The van der Waals surface area contributed by atoms with Gasteiger partial charge in [0.05, 0.1) is 13.2 Å². The Labute approximate surface area is 215 Å². The molecule has 10 nitrogen and oxygen atoms in total. The van der Waals surface area contributed by atoms with Crippen molar-refractivity contribution < 1.29 is 9.84 Å². The lowest BCUT2D eigenvalue weighted by Gasteiger charge is -2.36. The van der Waals surface area contributed by atoms with E-state index in [0.717, 1.165) is 55.4 Å². The molecule has 6 rings (SSSR count). The average molecular weight is 497 g/mol. The van der Waals surface area contributed by atoms with Crippen LogP contribution in [0.1, 0.15) is 16.7 Å². The third-order valence-corrected chi connectivity index (χ3v) is 6.71. The molecule has 2 aliphatic heterocycles. The lowest BCUT2D eigenvalue weighted by atomic mass is 9.92. The van der Waals surface area contributed by atoms with Gasteiger partial charge < -0.3 is 25.0 Å². The lowest BCUT2D eigenvalue weighted by Crippen LogP contribution is -2.47. The standard InChI is InChI=1S/C27H28N8O2/c36-27(17-37-18-27)22-6-8-23(9-7-22)32-24-30-19-31-26(33-24)35-12-10-34(11-13-35)25-28-15-21(16-29-25)14-20-4-2-1-3-5-20/h1-9,15-16,19,36H,10-14,17-18H2,(H,30,31,32,33). The Morgan fingerprint density at radius 2 is 1.46 bits per heavy atom. The van der Waals surface area contributed by atoms with Gasteiger partial charge in [-0.05, 0) is 28.8 Å². The Balaban J connectivity index is 1.04. The van der Waals surface area contributed by atoms with Crippen molar-refractivity contribution in [2.24, 2.45) is 0 Å². The fourth-order valence-electron chi connectivity index (χ4n) is 4.50. The second-order valence-corrected chi connectivity index (χ2v) is 9.36. The molecule has 0 radical (unpaired) electrons. The Hall–Kier alpha value is -4.15. The van der Waals surface area contributed by atoms with Crippen molar-refractivity contribution in [3.05, 3.63) is 90.0 Å². The molecule has 0 amide bonds. The molecule has 2 saturated heterocycles. The zero-order chi connectivity index (χ0) is 25.1. The third kappa shape index (κ3) is 5.20. The molecule has 4 aromatic rings. The van der Waals surface area contributed by atoms with Crippen LogP contribution in [0.3, 0.4) is 0 Å². The van der Waals surface area contributed by atoms with Crippen molar-refractivity contribution in [2.45, 2.75) is 12.0 Å². The van der Waals surface area contributed by atoms with Gasteiger partial charge >= 0.3 is 0 Å². The van der Waals surface area contributed by atoms with Crippen molar-refractivity contribution in [1.82, 2.24) is 24.9 Å². The SMILES string of the molecule is OC1(c2ccc(Nc3ncnc(N4CCN(c5ncc(Cc6ccccc6)cn5)CC4)n3)cc2)COC1. The Morgan fingerprint density at radius 3 is 2.11 bits per heavy atom. The van der Waals surface area contributed by atoms with Crippen molar-refractivity contribution >= 4 is 23.5 Å². The van der Waals surface area contributed by atoms with Crippen LogP contribution in [0, 0.1) is 0 Å². The summed E-state index contributed by atoms with van der Waals surface area (Å²) in [5, 5.41) is 13.6. The molecule has 2 N–H and O–H groups in total. The van der Waals surface area contributed by atoms with Crippen LogP contribution in [0.25, 0.3) is 0 Å². The number of ether oxygens (including phenoxy) is 1. The number of nitrogens with one attached hydrogen (secondary N) is 1. The first-order chi connectivity index (χ1) is 18.1. The van der Waals surface area contributed by atoms with Gasteiger partial charge in [-0.25, -0.2) is 19.9 Å². The van der Waals surface area contributed by atoms with Crippen molar-refractivity contribution in [2.75, 3.05) is 54.5 Å². The van der Waals surface area contributed by atoms with E-state index >= 15 is 0 Å². The quantitative estimate of drug-likeness (QED) is 0.396. The first kappa shape index (κ1) is 23.3. The molecule has 2 aliphatic rings. The van der Waals surface area contributed by atoms with E-state index in [2.05, 4.69) is 52.2 Å². The molecule has 0 bridgehead atoms. The van der Waals surface area contributed by atoms with Crippen LogP contribution in [0.15, 0.2) is 73.3 Å². The molecule has 0 saturated carbocycles. The zero-order valence-corrected chi connectivity index (χ0v) is 20.4. The summed E-state index contributed by atoms with van der Waals surface area (Å²) in [5.74, 6) is 1.85. The number of benzene rings is 2. The second kappa shape index (κ2) is 10.1. The van der Waals surface area contributed by atoms with Crippen molar-refractivity contribution in [3.63, 3.8) is 0 Å². The largest absolute Gasteiger partial charge is 0.380 e. The number of hydrogen-bond donors (Lipinski definition) is 2. The first-order valence-corrected chi connectivity index (χ1v) is 12.4. The van der Waals surface area contributed by atoms with Gasteiger partial charge in [-0.3, -0.25) is 0 Å². The number of rotatable bonds is 7. The second-order valence-electron chi connectivity index (χ2n) is 9.36. The lowest BCUT2D eigenvalue weighted by molar-refractivity contribution is -0.184. The van der Waals surface area contributed by atoms with Crippen LogP contribution in [0.2, 0.25) is 0 Å². The van der Waals surface area contributed by atoms with Crippen LogP contribution in [0.4, 0.5) is 23.5 Å². The molecule has 188 valence electrons. The summed E-state index contributed by atoms with van der Waals surface area (Å²) in [6, 6.07) is 17.9. The number of piperazine rings is 1. The van der Waals surface area contributed by atoms with Crippen LogP contribution in [0.5, 0.6) is 0 Å². The monoisotopic (exact) mass is 496 g/mol. The minimum absolute atomic E-state index is 0.329. The molecule has 4 heterocycles. The normalized spacial score (nSPS) is 16.8. The number of hydrogen-bond acceptors (Lipinski definition) is 10. The summed E-state index contributed by atoms with van der Waals surface area (Å²) in [4.78, 5) is 26.8. The molecule has 0 aliphatic carbocycles. The van der Waals surface area contributed by atoms with E-state index in [1.165, 1.54) is 11.9 Å². The number of anilines is 4. The predicted molar refractivity (Wildman–Crippen MR) is 140 cm³/mol.